The highest BCUT2D eigenvalue weighted by Crippen LogP contribution is 2.45. The van der Waals surface area contributed by atoms with Gasteiger partial charge in [0, 0.05) is 16.5 Å². The van der Waals surface area contributed by atoms with Gasteiger partial charge in [-0.2, -0.15) is 0 Å². The number of nitrogens with zero attached hydrogens (tertiary/aromatic N) is 1. The average molecular weight is 768 g/mol. The fraction of sp³-hybridized carbons (Fsp3) is 0. The van der Waals surface area contributed by atoms with Gasteiger partial charge in [-0.05, 0) is 101 Å². The summed E-state index contributed by atoms with van der Waals surface area (Å²) in [6.45, 7) is 0. The first-order valence-electron chi connectivity index (χ1n) is 20.3. The van der Waals surface area contributed by atoms with Gasteiger partial charge in [-0.1, -0.05) is 188 Å². The Morgan fingerprint density at radius 2 is 0.864 bits per heavy atom. The molecule has 59 heavy (non-hydrogen) atoms. The maximum atomic E-state index is 6.66. The number of fused-ring (bicyclic) bond motifs is 11. The van der Waals surface area contributed by atoms with E-state index in [0.29, 0.717) is 0 Å². The van der Waals surface area contributed by atoms with Crippen LogP contribution in [-0.2, 0) is 0 Å². The standard InChI is InChI=1S/C56H37NOSi/c1-2-15-38(16-3-1)39-29-32-42(33-30-39)57(49-23-14-18-40-17-4-5-19-44(40)49)50-36-35-43(45-20-6-7-21-46(45)50)41-31-34-48-47-22-8-11-26-53(47)59(56(48)37-41)54-27-12-9-24-51(54)58-52-25-10-13-28-55(52)59/h1-37H. The highest BCUT2D eigenvalue weighted by molar-refractivity contribution is 7.23. The molecule has 0 aromatic heterocycles. The Morgan fingerprint density at radius 1 is 0.322 bits per heavy atom. The van der Waals surface area contributed by atoms with Crippen molar-refractivity contribution < 1.29 is 4.74 Å². The summed E-state index contributed by atoms with van der Waals surface area (Å²) in [6, 6.07) is 82.4. The van der Waals surface area contributed by atoms with E-state index in [-0.39, 0.29) is 0 Å². The summed E-state index contributed by atoms with van der Waals surface area (Å²) >= 11 is 0. The topological polar surface area (TPSA) is 12.5 Å². The molecule has 1 spiro atoms. The number of anilines is 3. The summed E-state index contributed by atoms with van der Waals surface area (Å²) in [5.74, 6) is 1.93. The Labute approximate surface area is 344 Å². The third-order valence-electron chi connectivity index (χ3n) is 12.5. The second-order valence-electron chi connectivity index (χ2n) is 15.6. The quantitative estimate of drug-likeness (QED) is 0.162. The lowest BCUT2D eigenvalue weighted by atomic mass is 9.94. The maximum Gasteiger partial charge on any atom is 0.189 e. The molecule has 2 nitrogen and oxygen atoms in total. The number of hydrogen-bond donors (Lipinski definition) is 0. The van der Waals surface area contributed by atoms with Gasteiger partial charge in [0.25, 0.3) is 0 Å². The van der Waals surface area contributed by atoms with Crippen LogP contribution >= 0.6 is 0 Å². The Hall–Kier alpha value is -7.46. The minimum atomic E-state index is -2.74. The molecule has 10 aromatic rings. The second-order valence-corrected chi connectivity index (χ2v) is 19.2. The monoisotopic (exact) mass is 767 g/mol. The molecule has 0 aliphatic carbocycles. The zero-order valence-corrected chi connectivity index (χ0v) is 33.2. The summed E-state index contributed by atoms with van der Waals surface area (Å²) in [7, 11) is -2.74. The van der Waals surface area contributed by atoms with Crippen molar-refractivity contribution in [2.45, 2.75) is 0 Å². The lowest BCUT2D eigenvalue weighted by Crippen LogP contribution is -2.74. The van der Waals surface area contributed by atoms with Crippen molar-refractivity contribution in [2.75, 3.05) is 4.90 Å². The SMILES string of the molecule is c1ccc(-c2ccc(N(c3cccc4ccccc34)c3ccc(-c4ccc5c(c4)[Si]4(c6ccccc6Oc6ccccc64)c4ccccc4-5)c4ccccc34)cc2)cc1. The molecule has 0 atom stereocenters. The van der Waals surface area contributed by atoms with Crippen LogP contribution < -0.4 is 30.4 Å². The molecule has 0 radical (unpaired) electrons. The van der Waals surface area contributed by atoms with Crippen molar-refractivity contribution in [3.63, 3.8) is 0 Å². The Balaban J connectivity index is 1.07. The molecule has 2 aliphatic rings. The lowest BCUT2D eigenvalue weighted by molar-refractivity contribution is 0.487. The molecule has 12 rings (SSSR count). The van der Waals surface area contributed by atoms with Gasteiger partial charge in [0.15, 0.2) is 8.07 Å². The van der Waals surface area contributed by atoms with Crippen LogP contribution in [0.15, 0.2) is 224 Å². The van der Waals surface area contributed by atoms with Gasteiger partial charge in [0.1, 0.15) is 11.5 Å². The third kappa shape index (κ3) is 5.05. The molecule has 0 saturated carbocycles. The zero-order chi connectivity index (χ0) is 38.9. The smallest absolute Gasteiger partial charge is 0.189 e. The number of para-hydroxylation sites is 2. The van der Waals surface area contributed by atoms with Gasteiger partial charge < -0.3 is 9.64 Å². The first-order valence-corrected chi connectivity index (χ1v) is 22.3. The summed E-state index contributed by atoms with van der Waals surface area (Å²) in [5.41, 5.74) is 10.9. The normalized spacial score (nSPS) is 13.0. The molecule has 2 heterocycles. The van der Waals surface area contributed by atoms with Crippen LogP contribution in [0.25, 0.3) is 54.9 Å². The van der Waals surface area contributed by atoms with E-state index in [9.17, 15) is 0 Å². The van der Waals surface area contributed by atoms with Gasteiger partial charge in [0.2, 0.25) is 0 Å². The third-order valence-corrected chi connectivity index (χ3v) is 17.4. The lowest BCUT2D eigenvalue weighted by Gasteiger charge is -2.37. The Morgan fingerprint density at radius 3 is 1.64 bits per heavy atom. The fourth-order valence-corrected chi connectivity index (χ4v) is 15.4. The molecule has 3 heteroatoms. The average Bonchev–Trinajstić information content (AvgIpc) is 3.59. The summed E-state index contributed by atoms with van der Waals surface area (Å²) in [5, 5.41) is 10.3. The summed E-state index contributed by atoms with van der Waals surface area (Å²) in [4.78, 5) is 2.44. The van der Waals surface area contributed by atoms with Gasteiger partial charge in [-0.3, -0.25) is 0 Å². The van der Waals surface area contributed by atoms with Gasteiger partial charge in [0.05, 0.1) is 11.4 Å². The van der Waals surface area contributed by atoms with Crippen LogP contribution in [0.5, 0.6) is 11.5 Å². The van der Waals surface area contributed by atoms with Crippen molar-refractivity contribution in [3.8, 4) is 44.9 Å². The van der Waals surface area contributed by atoms with Crippen molar-refractivity contribution in [1.82, 2.24) is 0 Å². The van der Waals surface area contributed by atoms with Crippen LogP contribution in [0.4, 0.5) is 17.1 Å². The number of ether oxygens (including phenoxy) is 1. The van der Waals surface area contributed by atoms with E-state index in [0.717, 1.165) is 28.6 Å². The van der Waals surface area contributed by atoms with E-state index >= 15 is 0 Å². The number of hydrogen-bond acceptors (Lipinski definition) is 2. The van der Waals surface area contributed by atoms with Crippen molar-refractivity contribution >= 4 is 67.4 Å². The molecule has 0 fully saturated rings. The van der Waals surface area contributed by atoms with Crippen molar-refractivity contribution in [1.29, 1.82) is 0 Å². The van der Waals surface area contributed by atoms with Gasteiger partial charge >= 0.3 is 0 Å². The molecule has 2 aliphatic heterocycles. The Kier molecular flexibility index (Phi) is 7.59. The summed E-state index contributed by atoms with van der Waals surface area (Å²) < 4.78 is 6.66. The zero-order valence-electron chi connectivity index (χ0n) is 32.2. The van der Waals surface area contributed by atoms with Crippen molar-refractivity contribution in [3.05, 3.63) is 224 Å². The van der Waals surface area contributed by atoms with Crippen LogP contribution in [0.1, 0.15) is 0 Å². The molecular formula is C56H37NOSi. The molecular weight excluding hydrogens is 731 g/mol. The fourth-order valence-electron chi connectivity index (χ4n) is 10.00. The van der Waals surface area contributed by atoms with E-state index in [1.54, 1.807) is 0 Å². The highest BCUT2D eigenvalue weighted by Gasteiger charge is 2.53. The molecule has 0 bridgehead atoms. The van der Waals surface area contributed by atoms with Crippen LogP contribution in [0.2, 0.25) is 0 Å². The minimum Gasteiger partial charge on any atom is -0.458 e. The van der Waals surface area contributed by atoms with Crippen LogP contribution in [0, 0.1) is 0 Å². The molecule has 0 N–H and O–H groups in total. The van der Waals surface area contributed by atoms with E-state index in [2.05, 4.69) is 229 Å². The largest absolute Gasteiger partial charge is 0.458 e. The molecule has 10 aromatic carbocycles. The first-order chi connectivity index (χ1) is 29.3. The van der Waals surface area contributed by atoms with Gasteiger partial charge in [-0.15, -0.1) is 0 Å². The van der Waals surface area contributed by atoms with E-state index < -0.39 is 8.07 Å². The molecule has 0 unspecified atom stereocenters. The molecule has 276 valence electrons. The van der Waals surface area contributed by atoms with E-state index in [1.807, 2.05) is 0 Å². The van der Waals surface area contributed by atoms with Gasteiger partial charge in [-0.25, -0.2) is 0 Å². The summed E-state index contributed by atoms with van der Waals surface area (Å²) in [6.07, 6.45) is 0. The van der Waals surface area contributed by atoms with Crippen LogP contribution in [-0.4, -0.2) is 8.07 Å². The van der Waals surface area contributed by atoms with E-state index in [4.69, 9.17) is 4.74 Å². The molecule has 0 amide bonds. The Bertz CT molecular complexity index is 3210. The predicted molar refractivity (Wildman–Crippen MR) is 250 cm³/mol. The highest BCUT2D eigenvalue weighted by atomic mass is 28.3. The number of rotatable bonds is 5. The van der Waals surface area contributed by atoms with Crippen LogP contribution in [0.3, 0.4) is 0 Å². The maximum absolute atomic E-state index is 6.66. The molecule has 0 saturated heterocycles. The van der Waals surface area contributed by atoms with E-state index in [1.165, 1.54) is 75.7 Å². The van der Waals surface area contributed by atoms with Crippen molar-refractivity contribution in [2.24, 2.45) is 0 Å². The second kappa shape index (κ2) is 13.3. The number of benzene rings is 10. The minimum absolute atomic E-state index is 0.964. The first kappa shape index (κ1) is 33.7. The predicted octanol–water partition coefficient (Wildman–Crippen LogP) is 12.3.